The van der Waals surface area contributed by atoms with Crippen LogP contribution in [0.1, 0.15) is 36.0 Å². The number of aliphatic hydroxyl groups excluding tert-OH is 2. The van der Waals surface area contributed by atoms with Crippen molar-refractivity contribution in [3.63, 3.8) is 0 Å². The fraction of sp³-hybridized carbons (Fsp3) is 0.700. The second-order valence-corrected chi connectivity index (χ2v) is 12.3. The zero-order valence-corrected chi connectivity index (χ0v) is 24.6. The van der Waals surface area contributed by atoms with Crippen molar-refractivity contribution in [2.24, 2.45) is 0 Å². The van der Waals surface area contributed by atoms with Gasteiger partial charge >= 0.3 is 0 Å². The highest BCUT2D eigenvalue weighted by atomic mass is 16.5. The molecular weight excluding hydrogens is 558 g/mol. The average Bonchev–Trinajstić information content (AvgIpc) is 3.56. The van der Waals surface area contributed by atoms with Gasteiger partial charge in [-0.25, -0.2) is 0 Å². The Balaban J connectivity index is 1.28. The lowest BCUT2D eigenvalue weighted by Crippen LogP contribution is -2.57. The summed E-state index contributed by atoms with van der Waals surface area (Å²) in [5.74, 6) is 0.0294. The minimum atomic E-state index is -1.28. The second-order valence-electron chi connectivity index (χ2n) is 12.3. The molecule has 0 aliphatic carbocycles. The number of nitrogens with zero attached hydrogens (tertiary/aromatic N) is 3. The van der Waals surface area contributed by atoms with Gasteiger partial charge in [0.05, 0.1) is 38.4 Å². The van der Waals surface area contributed by atoms with E-state index < -0.39 is 30.5 Å². The van der Waals surface area contributed by atoms with Crippen LogP contribution in [0.2, 0.25) is 0 Å². The quantitative estimate of drug-likeness (QED) is 0.324. The van der Waals surface area contributed by atoms with E-state index in [2.05, 4.69) is 15.5 Å². The molecule has 13 heteroatoms. The maximum absolute atomic E-state index is 14.1. The molecule has 0 unspecified atom stereocenters. The van der Waals surface area contributed by atoms with Crippen LogP contribution in [0.4, 0.5) is 0 Å². The number of aliphatic hydroxyl groups is 2. The summed E-state index contributed by atoms with van der Waals surface area (Å²) in [5.41, 5.74) is 0.414. The molecule has 0 aromatic heterocycles. The van der Waals surface area contributed by atoms with Gasteiger partial charge in [0.15, 0.2) is 0 Å². The van der Waals surface area contributed by atoms with E-state index in [1.165, 1.54) is 0 Å². The van der Waals surface area contributed by atoms with E-state index in [-0.39, 0.29) is 55.4 Å². The molecule has 43 heavy (non-hydrogen) atoms. The number of hydrogen-bond donors (Lipinski definition) is 4. The van der Waals surface area contributed by atoms with Gasteiger partial charge in [-0.15, -0.1) is 0 Å². The molecule has 1 aromatic carbocycles. The number of nitrogens with one attached hydrogen (secondary N) is 2. The Morgan fingerprint density at radius 1 is 1.00 bits per heavy atom. The predicted octanol–water partition coefficient (Wildman–Crippen LogP) is -1.43. The Bertz CT molecular complexity index is 1160. The molecule has 5 aliphatic rings. The monoisotopic (exact) mass is 601 g/mol. The first-order valence-corrected chi connectivity index (χ1v) is 15.4. The topological polar surface area (TPSA) is 153 Å². The van der Waals surface area contributed by atoms with Crippen LogP contribution in [0, 0.1) is 0 Å². The Morgan fingerprint density at radius 3 is 2.49 bits per heavy atom. The highest BCUT2D eigenvalue weighted by Gasteiger charge is 2.47. The maximum atomic E-state index is 14.1. The number of likely N-dealkylation sites (tertiary alicyclic amines) is 1. The lowest BCUT2D eigenvalue weighted by atomic mass is 10.0. The maximum Gasteiger partial charge on any atom is 0.254 e. The standard InChI is InChI=1S/C30H43N5O8/c1-41-21-4-2-18(3-5-21)29(39)34-16-22-15-33(10-11-42-22)30(40)23-12-19(14-35(23)20-6-8-31-9-7-20)32-26(36)13-24-27(37)28(38)25(17-34)43-24/h2-5,19-20,22-25,27-28,31,37-38H,6-17H2,1H3,(H,32,36)/t19-,22-,23-,24-,25+,27-,28+/m0/s1. The van der Waals surface area contributed by atoms with E-state index >= 15 is 0 Å². The zero-order valence-electron chi connectivity index (χ0n) is 24.6. The molecule has 6 rings (SSSR count). The smallest absolute Gasteiger partial charge is 0.254 e. The van der Waals surface area contributed by atoms with Gasteiger partial charge in [-0.3, -0.25) is 19.3 Å². The van der Waals surface area contributed by atoms with Crippen molar-refractivity contribution < 1.29 is 38.8 Å². The van der Waals surface area contributed by atoms with Gasteiger partial charge in [0, 0.05) is 50.4 Å². The zero-order chi connectivity index (χ0) is 30.1. The third-order valence-corrected chi connectivity index (χ3v) is 9.51. The van der Waals surface area contributed by atoms with Crippen molar-refractivity contribution in [1.29, 1.82) is 0 Å². The van der Waals surface area contributed by atoms with Crippen molar-refractivity contribution in [1.82, 2.24) is 25.3 Å². The number of methoxy groups -OCH3 is 1. The molecule has 5 saturated heterocycles. The van der Waals surface area contributed by atoms with Crippen LogP contribution in [-0.4, -0.2) is 151 Å². The van der Waals surface area contributed by atoms with Crippen LogP contribution in [0.3, 0.4) is 0 Å². The van der Waals surface area contributed by atoms with Gasteiger partial charge in [0.2, 0.25) is 11.8 Å². The molecule has 0 spiro atoms. The van der Waals surface area contributed by atoms with Crippen LogP contribution in [0.5, 0.6) is 5.75 Å². The summed E-state index contributed by atoms with van der Waals surface area (Å²) in [7, 11) is 1.55. The molecule has 3 amide bonds. The number of carbonyl (C=O) groups is 3. The van der Waals surface area contributed by atoms with E-state index in [9.17, 15) is 24.6 Å². The normalized spacial score (nSPS) is 34.7. The molecule has 5 fully saturated rings. The number of fused-ring (bicyclic) bond motifs is 6. The van der Waals surface area contributed by atoms with Crippen molar-refractivity contribution in [3.05, 3.63) is 29.8 Å². The van der Waals surface area contributed by atoms with Gasteiger partial charge in [-0.2, -0.15) is 0 Å². The van der Waals surface area contributed by atoms with E-state index in [1.807, 2.05) is 4.90 Å². The van der Waals surface area contributed by atoms with Gasteiger partial charge in [0.25, 0.3) is 5.91 Å². The van der Waals surface area contributed by atoms with Crippen LogP contribution in [-0.2, 0) is 19.1 Å². The number of hydrogen-bond acceptors (Lipinski definition) is 10. The molecule has 5 aliphatic heterocycles. The van der Waals surface area contributed by atoms with Crippen molar-refractivity contribution >= 4 is 17.7 Å². The Hall–Kier alpha value is -2.81. The Morgan fingerprint density at radius 2 is 1.74 bits per heavy atom. The van der Waals surface area contributed by atoms with Crippen LogP contribution in [0.15, 0.2) is 24.3 Å². The van der Waals surface area contributed by atoms with E-state index in [1.54, 1.807) is 36.3 Å². The molecule has 1 aromatic rings. The molecule has 236 valence electrons. The molecule has 0 saturated carbocycles. The largest absolute Gasteiger partial charge is 0.497 e. The highest BCUT2D eigenvalue weighted by Crippen LogP contribution is 2.29. The second kappa shape index (κ2) is 13.0. The van der Waals surface area contributed by atoms with Crippen LogP contribution >= 0.6 is 0 Å². The first-order valence-electron chi connectivity index (χ1n) is 15.4. The summed E-state index contributed by atoms with van der Waals surface area (Å²) in [5, 5.41) is 28.2. The number of ether oxygens (including phenoxy) is 3. The molecular formula is C30H43N5O8. The molecule has 0 radical (unpaired) electrons. The van der Waals surface area contributed by atoms with Gasteiger partial charge in [-0.05, 0) is 56.6 Å². The third-order valence-electron chi connectivity index (χ3n) is 9.51. The van der Waals surface area contributed by atoms with Gasteiger partial charge in [0.1, 0.15) is 24.1 Å². The van der Waals surface area contributed by atoms with Crippen molar-refractivity contribution in [3.8, 4) is 5.75 Å². The molecule has 13 nitrogen and oxygen atoms in total. The summed E-state index contributed by atoms with van der Waals surface area (Å²) in [6.45, 7) is 3.59. The Labute approximate surface area is 251 Å². The summed E-state index contributed by atoms with van der Waals surface area (Å²) >= 11 is 0. The minimum Gasteiger partial charge on any atom is -0.497 e. The van der Waals surface area contributed by atoms with Gasteiger partial charge in [-0.1, -0.05) is 0 Å². The van der Waals surface area contributed by atoms with Crippen LogP contribution < -0.4 is 15.4 Å². The van der Waals surface area contributed by atoms with E-state index in [4.69, 9.17) is 14.2 Å². The van der Waals surface area contributed by atoms with Crippen LogP contribution in [0.25, 0.3) is 0 Å². The lowest BCUT2D eigenvalue weighted by molar-refractivity contribution is -0.145. The van der Waals surface area contributed by atoms with E-state index in [0.717, 1.165) is 25.9 Å². The van der Waals surface area contributed by atoms with Crippen molar-refractivity contribution in [2.75, 3.05) is 59.5 Å². The number of piperidine rings is 1. The minimum absolute atomic E-state index is 0.0240. The summed E-state index contributed by atoms with van der Waals surface area (Å²) in [6.07, 6.45) is -2.62. The number of amides is 3. The number of rotatable bonds is 3. The number of benzene rings is 1. The molecule has 6 bridgehead atoms. The summed E-state index contributed by atoms with van der Waals surface area (Å²) in [4.78, 5) is 46.6. The first kappa shape index (κ1) is 30.2. The van der Waals surface area contributed by atoms with E-state index in [0.29, 0.717) is 44.0 Å². The highest BCUT2D eigenvalue weighted by molar-refractivity contribution is 5.94. The fourth-order valence-electron chi connectivity index (χ4n) is 7.23. The number of morpholine rings is 1. The third kappa shape index (κ3) is 6.52. The first-order chi connectivity index (χ1) is 20.8. The van der Waals surface area contributed by atoms with Crippen molar-refractivity contribution in [2.45, 2.75) is 74.3 Å². The summed E-state index contributed by atoms with van der Waals surface area (Å²) in [6, 6.07) is 6.39. The fourth-order valence-corrected chi connectivity index (χ4v) is 7.23. The SMILES string of the molecule is COc1ccc(C(=O)N2C[C@@H]3CN(CCO3)C(=O)[C@@H]3C[C@@H](CN3C3CCNCC3)NC(=O)C[C@@H]3O[C@H](C2)[C@@H](O)[C@H]3O)cc1. The summed E-state index contributed by atoms with van der Waals surface area (Å²) < 4.78 is 17.3. The average molecular weight is 602 g/mol. The van der Waals surface area contributed by atoms with Gasteiger partial charge < -0.3 is 44.9 Å². The molecule has 5 heterocycles. The number of carbonyl (C=O) groups excluding carboxylic acids is 3. The lowest BCUT2D eigenvalue weighted by Gasteiger charge is -2.40. The molecule has 4 N–H and O–H groups in total. The molecule has 7 atom stereocenters. The Kier molecular flexibility index (Phi) is 9.17. The predicted molar refractivity (Wildman–Crippen MR) is 153 cm³/mol.